The Morgan fingerprint density at radius 2 is 1.86 bits per heavy atom. The van der Waals surface area contributed by atoms with Gasteiger partial charge in [-0.05, 0) is 6.54 Å². The molecule has 1 amide bonds. The van der Waals surface area contributed by atoms with Crippen molar-refractivity contribution in [3.63, 3.8) is 0 Å². The fourth-order valence-electron chi connectivity index (χ4n) is 1.74. The number of nitrogens with zero attached hydrogens (tertiary/aromatic N) is 1. The van der Waals surface area contributed by atoms with Crippen LogP contribution >= 0.6 is 0 Å². The first-order valence-electron chi connectivity index (χ1n) is 6.44. The third-order valence-electron chi connectivity index (χ3n) is 2.78. The van der Waals surface area contributed by atoms with Crippen molar-refractivity contribution < 1.29 is 19.2 Å². The van der Waals surface area contributed by atoms with Crippen LogP contribution in [0.1, 0.15) is 17.3 Å². The molecule has 1 rings (SSSR count). The highest BCUT2D eigenvalue weighted by Crippen LogP contribution is 2.34. The highest BCUT2D eigenvalue weighted by Gasteiger charge is 2.24. The van der Waals surface area contributed by atoms with E-state index in [-0.39, 0.29) is 22.7 Å². The van der Waals surface area contributed by atoms with Crippen LogP contribution in [0.3, 0.4) is 0 Å². The lowest BCUT2D eigenvalue weighted by Crippen LogP contribution is -2.32. The van der Waals surface area contributed by atoms with Crippen LogP contribution < -0.4 is 20.1 Å². The number of nitro groups is 1. The second kappa shape index (κ2) is 8.05. The first-order valence-corrected chi connectivity index (χ1v) is 6.44. The number of hydrogen-bond donors (Lipinski definition) is 2. The summed E-state index contributed by atoms with van der Waals surface area (Å²) in [5, 5.41) is 16.7. The number of likely N-dealkylation sites (N-methyl/N-ethyl adjacent to an activating group) is 1. The summed E-state index contributed by atoms with van der Waals surface area (Å²) >= 11 is 0. The first-order chi connectivity index (χ1) is 10.0. The van der Waals surface area contributed by atoms with Gasteiger partial charge in [0.1, 0.15) is 5.56 Å². The van der Waals surface area contributed by atoms with Crippen LogP contribution in [-0.4, -0.2) is 44.7 Å². The molecule has 0 atom stereocenters. The van der Waals surface area contributed by atoms with E-state index in [0.29, 0.717) is 13.1 Å². The zero-order valence-electron chi connectivity index (χ0n) is 12.3. The molecule has 0 aliphatic heterocycles. The largest absolute Gasteiger partial charge is 0.493 e. The van der Waals surface area contributed by atoms with Gasteiger partial charge in [0.25, 0.3) is 11.6 Å². The average molecular weight is 297 g/mol. The molecule has 0 saturated carbocycles. The molecule has 2 N–H and O–H groups in total. The SMILES string of the molecule is CCNCCNC(=O)c1cc(OC)c(OC)cc1[N+](=O)[O-]. The number of carbonyl (C=O) groups is 1. The number of ether oxygens (including phenoxy) is 2. The van der Waals surface area contributed by atoms with Crippen molar-refractivity contribution >= 4 is 11.6 Å². The van der Waals surface area contributed by atoms with Crippen molar-refractivity contribution in [1.82, 2.24) is 10.6 Å². The van der Waals surface area contributed by atoms with Crippen LogP contribution in [-0.2, 0) is 0 Å². The average Bonchev–Trinajstić information content (AvgIpc) is 2.49. The Balaban J connectivity index is 3.03. The summed E-state index contributed by atoms with van der Waals surface area (Å²) in [6.45, 7) is 3.69. The maximum atomic E-state index is 12.1. The highest BCUT2D eigenvalue weighted by molar-refractivity contribution is 5.99. The summed E-state index contributed by atoms with van der Waals surface area (Å²) in [5.74, 6) is -0.0612. The molecule has 0 spiro atoms. The summed E-state index contributed by atoms with van der Waals surface area (Å²) in [6.07, 6.45) is 0. The lowest BCUT2D eigenvalue weighted by molar-refractivity contribution is -0.385. The van der Waals surface area contributed by atoms with Gasteiger partial charge < -0.3 is 20.1 Å². The lowest BCUT2D eigenvalue weighted by Gasteiger charge is -2.11. The minimum atomic E-state index is -0.624. The van der Waals surface area contributed by atoms with E-state index in [0.717, 1.165) is 6.54 Å². The first kappa shape index (κ1) is 16.7. The molecule has 0 bridgehead atoms. The second-order valence-corrected chi connectivity index (χ2v) is 4.09. The molecule has 0 fully saturated rings. The third kappa shape index (κ3) is 4.32. The van der Waals surface area contributed by atoms with Crippen LogP contribution in [0, 0.1) is 10.1 Å². The van der Waals surface area contributed by atoms with Gasteiger partial charge in [-0.2, -0.15) is 0 Å². The summed E-state index contributed by atoms with van der Waals surface area (Å²) in [5.41, 5.74) is -0.386. The zero-order valence-corrected chi connectivity index (χ0v) is 12.3. The maximum absolute atomic E-state index is 12.1. The highest BCUT2D eigenvalue weighted by atomic mass is 16.6. The van der Waals surface area contributed by atoms with E-state index in [1.54, 1.807) is 0 Å². The smallest absolute Gasteiger partial charge is 0.286 e. The van der Waals surface area contributed by atoms with E-state index in [1.807, 2.05) is 6.92 Å². The van der Waals surface area contributed by atoms with Crippen molar-refractivity contribution in [3.8, 4) is 11.5 Å². The van der Waals surface area contributed by atoms with Gasteiger partial charge in [-0.15, -0.1) is 0 Å². The molecule has 8 nitrogen and oxygen atoms in total. The molecule has 1 aromatic rings. The van der Waals surface area contributed by atoms with Gasteiger partial charge in [-0.25, -0.2) is 0 Å². The lowest BCUT2D eigenvalue weighted by atomic mass is 10.1. The minimum Gasteiger partial charge on any atom is -0.493 e. The van der Waals surface area contributed by atoms with E-state index in [1.165, 1.54) is 26.4 Å². The Bertz CT molecular complexity index is 519. The van der Waals surface area contributed by atoms with Gasteiger partial charge in [0.15, 0.2) is 11.5 Å². The van der Waals surface area contributed by atoms with Crippen LogP contribution in [0.25, 0.3) is 0 Å². The van der Waals surface area contributed by atoms with Gasteiger partial charge in [-0.3, -0.25) is 14.9 Å². The molecule has 8 heteroatoms. The number of nitrogens with one attached hydrogen (secondary N) is 2. The summed E-state index contributed by atoms with van der Waals surface area (Å²) in [4.78, 5) is 22.5. The minimum absolute atomic E-state index is 0.0610. The number of rotatable bonds is 8. The molecule has 116 valence electrons. The molecular formula is C13H19N3O5. The van der Waals surface area contributed by atoms with Crippen LogP contribution in [0.2, 0.25) is 0 Å². The number of methoxy groups -OCH3 is 2. The second-order valence-electron chi connectivity index (χ2n) is 4.09. The summed E-state index contributed by atoms with van der Waals surface area (Å²) < 4.78 is 10.1. The molecule has 0 aliphatic carbocycles. The monoisotopic (exact) mass is 297 g/mol. The van der Waals surface area contributed by atoms with Gasteiger partial charge >= 0.3 is 0 Å². The molecule has 0 aliphatic rings. The van der Waals surface area contributed by atoms with E-state index in [9.17, 15) is 14.9 Å². The summed E-state index contributed by atoms with van der Waals surface area (Å²) in [6, 6.07) is 2.48. The third-order valence-corrected chi connectivity index (χ3v) is 2.78. The number of nitro benzene ring substituents is 1. The van der Waals surface area contributed by atoms with Crippen molar-refractivity contribution in [2.45, 2.75) is 6.92 Å². The Morgan fingerprint density at radius 3 is 2.38 bits per heavy atom. The molecule has 0 aromatic heterocycles. The van der Waals surface area contributed by atoms with E-state index < -0.39 is 10.8 Å². The Labute approximate surface area is 122 Å². The van der Waals surface area contributed by atoms with Crippen LogP contribution in [0.5, 0.6) is 11.5 Å². The Hall–Kier alpha value is -2.35. The van der Waals surface area contributed by atoms with E-state index in [2.05, 4.69) is 10.6 Å². The standard InChI is InChI=1S/C13H19N3O5/c1-4-14-5-6-15-13(17)9-7-11(20-2)12(21-3)8-10(9)16(18)19/h7-8,14H,4-6H2,1-3H3,(H,15,17). The topological polar surface area (TPSA) is 103 Å². The normalized spacial score (nSPS) is 10.0. The van der Waals surface area contributed by atoms with Gasteiger partial charge in [0, 0.05) is 19.2 Å². The van der Waals surface area contributed by atoms with Crippen LogP contribution in [0.15, 0.2) is 12.1 Å². The fraction of sp³-hybridized carbons (Fsp3) is 0.462. The van der Waals surface area contributed by atoms with Gasteiger partial charge in [0.05, 0.1) is 25.2 Å². The molecule has 0 unspecified atom stereocenters. The zero-order chi connectivity index (χ0) is 15.8. The van der Waals surface area contributed by atoms with E-state index >= 15 is 0 Å². The van der Waals surface area contributed by atoms with Crippen molar-refractivity contribution in [2.24, 2.45) is 0 Å². The van der Waals surface area contributed by atoms with Crippen molar-refractivity contribution in [3.05, 3.63) is 27.8 Å². The molecule has 0 heterocycles. The molecular weight excluding hydrogens is 278 g/mol. The number of amides is 1. The van der Waals surface area contributed by atoms with Gasteiger partial charge in [0.2, 0.25) is 0 Å². The Kier molecular flexibility index (Phi) is 6.41. The number of benzene rings is 1. The predicted molar refractivity (Wildman–Crippen MR) is 77.1 cm³/mol. The van der Waals surface area contributed by atoms with Crippen LogP contribution in [0.4, 0.5) is 5.69 Å². The molecule has 21 heavy (non-hydrogen) atoms. The molecule has 0 saturated heterocycles. The van der Waals surface area contributed by atoms with Gasteiger partial charge in [-0.1, -0.05) is 6.92 Å². The predicted octanol–water partition coefficient (Wildman–Crippen LogP) is 0.951. The summed E-state index contributed by atoms with van der Waals surface area (Å²) in [7, 11) is 2.77. The Morgan fingerprint density at radius 1 is 1.24 bits per heavy atom. The van der Waals surface area contributed by atoms with Crippen molar-refractivity contribution in [1.29, 1.82) is 0 Å². The quantitative estimate of drug-likeness (QED) is 0.421. The molecule has 1 aromatic carbocycles. The van der Waals surface area contributed by atoms with E-state index in [4.69, 9.17) is 9.47 Å². The maximum Gasteiger partial charge on any atom is 0.286 e. The number of hydrogen-bond acceptors (Lipinski definition) is 6. The fourth-order valence-corrected chi connectivity index (χ4v) is 1.74. The number of carbonyl (C=O) groups excluding carboxylic acids is 1. The molecule has 0 radical (unpaired) electrons. The van der Waals surface area contributed by atoms with Crippen molar-refractivity contribution in [2.75, 3.05) is 33.9 Å².